The number of hydrogen-bond donors (Lipinski definition) is 0. The number of nitrogens with zero attached hydrogens (tertiary/aromatic N) is 2. The molecule has 2 heterocycles. The first-order valence-corrected chi connectivity index (χ1v) is 11.0. The lowest BCUT2D eigenvalue weighted by atomic mass is 10.0. The summed E-state index contributed by atoms with van der Waals surface area (Å²) < 4.78 is 6.70. The van der Waals surface area contributed by atoms with Crippen molar-refractivity contribution in [3.63, 3.8) is 0 Å². The highest BCUT2D eigenvalue weighted by Crippen LogP contribution is 2.32. The third kappa shape index (κ3) is 4.03. The maximum Gasteiger partial charge on any atom is 0.263 e. The number of carbonyl (C=O) groups is 1. The molecule has 0 radical (unpaired) electrons. The Labute approximate surface area is 185 Å². The first-order valence-electron chi connectivity index (χ1n) is 10.1. The SMILES string of the molecule is COc1ccc(-c2csc3nc(C)n(CC(=O)c4ccc(C(C)C)cc4)c(=O)c23)cc1. The van der Waals surface area contributed by atoms with Crippen LogP contribution in [0.2, 0.25) is 0 Å². The maximum absolute atomic E-state index is 13.4. The molecule has 0 aliphatic carbocycles. The minimum Gasteiger partial charge on any atom is -0.497 e. The third-order valence-corrected chi connectivity index (χ3v) is 6.36. The van der Waals surface area contributed by atoms with Gasteiger partial charge in [-0.2, -0.15) is 0 Å². The summed E-state index contributed by atoms with van der Waals surface area (Å²) in [5.41, 5.74) is 3.31. The average Bonchev–Trinajstić information content (AvgIpc) is 3.20. The molecule has 0 N–H and O–H groups in total. The molecular formula is C25H24N2O3S. The largest absolute Gasteiger partial charge is 0.497 e. The molecule has 158 valence electrons. The lowest BCUT2D eigenvalue weighted by Gasteiger charge is -2.11. The molecule has 5 nitrogen and oxygen atoms in total. The number of carbonyl (C=O) groups excluding carboxylic acids is 1. The lowest BCUT2D eigenvalue weighted by Crippen LogP contribution is -2.27. The van der Waals surface area contributed by atoms with Crippen molar-refractivity contribution in [2.24, 2.45) is 0 Å². The lowest BCUT2D eigenvalue weighted by molar-refractivity contribution is 0.0969. The molecule has 31 heavy (non-hydrogen) atoms. The quantitative estimate of drug-likeness (QED) is 0.380. The number of aryl methyl sites for hydroxylation is 1. The zero-order valence-electron chi connectivity index (χ0n) is 18.0. The fourth-order valence-electron chi connectivity index (χ4n) is 3.58. The van der Waals surface area contributed by atoms with Gasteiger partial charge in [0.2, 0.25) is 0 Å². The Morgan fingerprint density at radius 3 is 2.39 bits per heavy atom. The fourth-order valence-corrected chi connectivity index (χ4v) is 4.57. The van der Waals surface area contributed by atoms with Crippen molar-refractivity contribution in [3.8, 4) is 16.9 Å². The van der Waals surface area contributed by atoms with Gasteiger partial charge in [0, 0.05) is 16.5 Å². The minimum absolute atomic E-state index is 0.0352. The highest BCUT2D eigenvalue weighted by atomic mass is 32.1. The molecule has 0 fully saturated rings. The molecule has 2 aromatic heterocycles. The number of thiophene rings is 1. The van der Waals surface area contributed by atoms with Gasteiger partial charge in [0.05, 0.1) is 19.0 Å². The number of methoxy groups -OCH3 is 1. The Bertz CT molecular complexity index is 1300. The normalized spacial score (nSPS) is 11.3. The first-order chi connectivity index (χ1) is 14.9. The van der Waals surface area contributed by atoms with E-state index >= 15 is 0 Å². The zero-order valence-corrected chi connectivity index (χ0v) is 18.8. The van der Waals surface area contributed by atoms with Crippen molar-refractivity contribution in [2.45, 2.75) is 33.2 Å². The van der Waals surface area contributed by atoms with E-state index in [2.05, 4.69) is 18.8 Å². The van der Waals surface area contributed by atoms with Gasteiger partial charge >= 0.3 is 0 Å². The molecule has 0 aliphatic heterocycles. The molecule has 0 bridgehead atoms. The topological polar surface area (TPSA) is 61.2 Å². The Kier molecular flexibility index (Phi) is 5.74. The highest BCUT2D eigenvalue weighted by Gasteiger charge is 2.18. The van der Waals surface area contributed by atoms with E-state index in [1.807, 2.05) is 53.9 Å². The standard InChI is InChI=1S/C25H24N2O3S/c1-15(2)17-5-7-19(8-6-17)22(28)13-27-16(3)26-24-23(25(27)29)21(14-31-24)18-9-11-20(30-4)12-10-18/h5-12,14-15H,13H2,1-4H3. The van der Waals surface area contributed by atoms with Crippen molar-refractivity contribution in [1.82, 2.24) is 9.55 Å². The molecule has 0 amide bonds. The number of ether oxygens (including phenoxy) is 1. The van der Waals surface area contributed by atoms with E-state index in [4.69, 9.17) is 4.74 Å². The van der Waals surface area contributed by atoms with Crippen LogP contribution in [0.5, 0.6) is 5.75 Å². The Morgan fingerprint density at radius 1 is 1.10 bits per heavy atom. The van der Waals surface area contributed by atoms with Crippen molar-refractivity contribution in [1.29, 1.82) is 0 Å². The van der Waals surface area contributed by atoms with Gasteiger partial charge in [-0.1, -0.05) is 50.2 Å². The minimum atomic E-state index is -0.193. The molecule has 0 atom stereocenters. The van der Waals surface area contributed by atoms with Crippen molar-refractivity contribution >= 4 is 27.3 Å². The highest BCUT2D eigenvalue weighted by molar-refractivity contribution is 7.17. The Morgan fingerprint density at radius 2 is 1.77 bits per heavy atom. The molecular weight excluding hydrogens is 408 g/mol. The summed E-state index contributed by atoms with van der Waals surface area (Å²) in [7, 11) is 1.62. The van der Waals surface area contributed by atoms with Crippen LogP contribution in [0.25, 0.3) is 21.3 Å². The van der Waals surface area contributed by atoms with E-state index < -0.39 is 0 Å². The van der Waals surface area contributed by atoms with Gasteiger partial charge in [-0.15, -0.1) is 11.3 Å². The van der Waals surface area contributed by atoms with Gasteiger partial charge in [0.1, 0.15) is 16.4 Å². The van der Waals surface area contributed by atoms with E-state index in [1.165, 1.54) is 21.5 Å². The molecule has 6 heteroatoms. The zero-order chi connectivity index (χ0) is 22.1. The third-order valence-electron chi connectivity index (χ3n) is 5.49. The van der Waals surface area contributed by atoms with E-state index in [0.717, 1.165) is 16.9 Å². The van der Waals surface area contributed by atoms with Crippen LogP contribution >= 0.6 is 11.3 Å². The number of benzene rings is 2. The molecule has 2 aromatic carbocycles. The summed E-state index contributed by atoms with van der Waals surface area (Å²) in [4.78, 5) is 31.6. The van der Waals surface area contributed by atoms with Crippen LogP contribution in [0.1, 0.15) is 41.5 Å². The number of aromatic nitrogens is 2. The van der Waals surface area contributed by atoms with Gasteiger partial charge in [0.25, 0.3) is 5.56 Å². The predicted molar refractivity (Wildman–Crippen MR) is 125 cm³/mol. The summed E-state index contributed by atoms with van der Waals surface area (Å²) in [6.45, 7) is 5.96. The monoisotopic (exact) mass is 432 g/mol. The summed E-state index contributed by atoms with van der Waals surface area (Å²) in [5.74, 6) is 1.58. The second kappa shape index (κ2) is 8.47. The van der Waals surface area contributed by atoms with Gasteiger partial charge in [0.15, 0.2) is 5.78 Å². The maximum atomic E-state index is 13.4. The molecule has 4 aromatic rings. The number of hydrogen-bond acceptors (Lipinski definition) is 5. The van der Waals surface area contributed by atoms with E-state index in [1.54, 1.807) is 14.0 Å². The van der Waals surface area contributed by atoms with Gasteiger partial charge in [-0.25, -0.2) is 4.98 Å². The Hall–Kier alpha value is -3.25. The van der Waals surface area contributed by atoms with Crippen LogP contribution in [-0.4, -0.2) is 22.4 Å². The smallest absolute Gasteiger partial charge is 0.263 e. The number of ketones is 1. The number of fused-ring (bicyclic) bond motifs is 1. The van der Waals surface area contributed by atoms with Gasteiger partial charge in [-0.3, -0.25) is 14.2 Å². The van der Waals surface area contributed by atoms with Crippen LogP contribution in [0, 0.1) is 6.92 Å². The summed E-state index contributed by atoms with van der Waals surface area (Å²) in [6, 6.07) is 15.2. The van der Waals surface area contributed by atoms with Crippen LogP contribution in [0.15, 0.2) is 58.7 Å². The van der Waals surface area contributed by atoms with E-state index in [9.17, 15) is 9.59 Å². The molecule has 4 rings (SSSR count). The predicted octanol–water partition coefficient (Wildman–Crippen LogP) is 5.45. The van der Waals surface area contributed by atoms with Crippen LogP contribution in [-0.2, 0) is 6.54 Å². The summed E-state index contributed by atoms with van der Waals surface area (Å²) in [5, 5.41) is 2.49. The molecule has 0 saturated heterocycles. The van der Waals surface area contributed by atoms with Crippen molar-refractivity contribution in [2.75, 3.05) is 7.11 Å². The van der Waals surface area contributed by atoms with Crippen LogP contribution < -0.4 is 10.3 Å². The first kappa shape index (κ1) is 21.0. The fraction of sp³-hybridized carbons (Fsp3) is 0.240. The number of rotatable bonds is 6. The molecule has 0 aliphatic rings. The average molecular weight is 433 g/mol. The Balaban J connectivity index is 1.72. The second-order valence-electron chi connectivity index (χ2n) is 7.81. The molecule has 0 unspecified atom stereocenters. The van der Waals surface area contributed by atoms with Crippen molar-refractivity contribution in [3.05, 3.63) is 81.2 Å². The van der Waals surface area contributed by atoms with Gasteiger partial charge < -0.3 is 4.74 Å². The van der Waals surface area contributed by atoms with Crippen molar-refractivity contribution < 1.29 is 9.53 Å². The summed E-state index contributed by atoms with van der Waals surface area (Å²) >= 11 is 1.43. The van der Waals surface area contributed by atoms with Gasteiger partial charge in [-0.05, 0) is 36.1 Å². The summed E-state index contributed by atoms with van der Waals surface area (Å²) in [6.07, 6.45) is 0. The van der Waals surface area contributed by atoms with E-state index in [-0.39, 0.29) is 17.9 Å². The number of Topliss-reactive ketones (excluding diaryl/α,β-unsaturated/α-hetero) is 1. The van der Waals surface area contributed by atoms with Crippen LogP contribution in [0.3, 0.4) is 0 Å². The van der Waals surface area contributed by atoms with E-state index in [0.29, 0.717) is 27.5 Å². The molecule has 0 spiro atoms. The second-order valence-corrected chi connectivity index (χ2v) is 8.67. The molecule has 0 saturated carbocycles. The van der Waals surface area contributed by atoms with Crippen LogP contribution in [0.4, 0.5) is 0 Å².